The number of halogens is 1. The molecule has 0 amide bonds. The van der Waals surface area contributed by atoms with Crippen LogP contribution in [-0.2, 0) is 0 Å². The van der Waals surface area contributed by atoms with Crippen LogP contribution in [0.15, 0.2) is 54.6 Å². The lowest BCUT2D eigenvalue weighted by molar-refractivity contribution is 0.483. The van der Waals surface area contributed by atoms with E-state index in [-0.39, 0.29) is 0 Å². The maximum Gasteiger partial charge on any atom is 0.127 e. The highest BCUT2D eigenvalue weighted by molar-refractivity contribution is 6.19. The van der Waals surface area contributed by atoms with Crippen molar-refractivity contribution in [2.75, 3.05) is 11.6 Å². The number of allylic oxidation sites excluding steroid dienone is 1. The van der Waals surface area contributed by atoms with Crippen molar-refractivity contribution in [3.63, 3.8) is 0 Å². The lowest BCUT2D eigenvalue weighted by atomic mass is 10.2. The Labute approximate surface area is 112 Å². The van der Waals surface area contributed by atoms with E-state index >= 15 is 0 Å². The fraction of sp³-hybridized carbons (Fsp3) is 0.0667. The average Bonchev–Trinajstić information content (AvgIpc) is 2.41. The maximum absolute atomic E-state index is 5.69. The van der Waals surface area contributed by atoms with Gasteiger partial charge in [0.15, 0.2) is 0 Å². The molecule has 0 radical (unpaired) electrons. The summed E-state index contributed by atoms with van der Waals surface area (Å²) in [5, 5.41) is 0. The summed E-state index contributed by atoms with van der Waals surface area (Å²) in [6, 6.07) is 15.1. The highest BCUT2D eigenvalue weighted by Gasteiger charge is 1.96. The van der Waals surface area contributed by atoms with Gasteiger partial charge in [-0.3, -0.25) is 0 Å². The van der Waals surface area contributed by atoms with Gasteiger partial charge in [0.25, 0.3) is 0 Å². The van der Waals surface area contributed by atoms with Crippen molar-refractivity contribution >= 4 is 23.4 Å². The molecule has 18 heavy (non-hydrogen) atoms. The first-order valence-electron chi connectivity index (χ1n) is 5.64. The zero-order valence-corrected chi connectivity index (χ0v) is 10.6. The van der Waals surface area contributed by atoms with Gasteiger partial charge in [0, 0.05) is 11.6 Å². The summed E-state index contributed by atoms with van der Waals surface area (Å²) in [5.41, 5.74) is 7.44. The lowest BCUT2D eigenvalue weighted by Crippen LogP contribution is -1.86. The summed E-state index contributed by atoms with van der Waals surface area (Å²) < 4.78 is 5.69. The third kappa shape index (κ3) is 3.54. The third-order valence-electron chi connectivity index (χ3n) is 2.40. The van der Waals surface area contributed by atoms with Crippen LogP contribution in [-0.4, -0.2) is 5.88 Å². The molecule has 0 bridgehead atoms. The quantitative estimate of drug-likeness (QED) is 0.656. The minimum atomic E-state index is 0.518. The minimum absolute atomic E-state index is 0.518. The van der Waals surface area contributed by atoms with E-state index in [1.807, 2.05) is 60.7 Å². The zero-order chi connectivity index (χ0) is 12.8. The Kier molecular flexibility index (Phi) is 4.26. The average molecular weight is 260 g/mol. The molecule has 2 aromatic carbocycles. The predicted molar refractivity (Wildman–Crippen MR) is 77.1 cm³/mol. The van der Waals surface area contributed by atoms with Crippen molar-refractivity contribution in [1.29, 1.82) is 0 Å². The van der Waals surface area contributed by atoms with Crippen LogP contribution in [0, 0.1) is 0 Å². The van der Waals surface area contributed by atoms with Gasteiger partial charge >= 0.3 is 0 Å². The molecule has 2 rings (SSSR count). The van der Waals surface area contributed by atoms with Crippen LogP contribution in [0.5, 0.6) is 11.5 Å². The summed E-state index contributed by atoms with van der Waals surface area (Å²) in [5.74, 6) is 2.08. The monoisotopic (exact) mass is 259 g/mol. The van der Waals surface area contributed by atoms with Crippen LogP contribution in [0.25, 0.3) is 6.08 Å². The molecule has 2 aromatic rings. The first-order chi connectivity index (χ1) is 8.78. The van der Waals surface area contributed by atoms with Crippen molar-refractivity contribution in [2.45, 2.75) is 0 Å². The Morgan fingerprint density at radius 1 is 0.944 bits per heavy atom. The number of alkyl halides is 1. The second-order valence-corrected chi connectivity index (χ2v) is 4.11. The van der Waals surface area contributed by atoms with E-state index in [0.717, 1.165) is 22.7 Å². The lowest BCUT2D eigenvalue weighted by Gasteiger charge is -2.06. The molecule has 0 aliphatic heterocycles. The molecule has 0 fully saturated rings. The number of hydrogen-bond donors (Lipinski definition) is 1. The number of hydrogen-bond acceptors (Lipinski definition) is 2. The Bertz CT molecular complexity index is 517. The molecule has 92 valence electrons. The van der Waals surface area contributed by atoms with Crippen molar-refractivity contribution in [3.05, 3.63) is 60.2 Å². The highest BCUT2D eigenvalue weighted by atomic mass is 35.5. The SMILES string of the molecule is Nc1ccc(Oc2ccc(C=CCCl)cc2)cc1. The highest BCUT2D eigenvalue weighted by Crippen LogP contribution is 2.22. The Morgan fingerprint density at radius 3 is 2.06 bits per heavy atom. The van der Waals surface area contributed by atoms with Crippen LogP contribution >= 0.6 is 11.6 Å². The first kappa shape index (κ1) is 12.5. The number of anilines is 1. The third-order valence-corrected chi connectivity index (χ3v) is 2.57. The van der Waals surface area contributed by atoms with Gasteiger partial charge < -0.3 is 10.5 Å². The standard InChI is InChI=1S/C15H14ClNO/c16-11-1-2-12-3-7-14(8-4-12)18-15-9-5-13(17)6-10-15/h1-10H,11,17H2. The van der Waals surface area contributed by atoms with Crippen LogP contribution in [0.2, 0.25) is 0 Å². The van der Waals surface area contributed by atoms with Crippen LogP contribution < -0.4 is 10.5 Å². The molecule has 0 saturated carbocycles. The number of nitrogens with two attached hydrogens (primary N) is 1. The molecule has 0 aromatic heterocycles. The second kappa shape index (κ2) is 6.12. The molecule has 0 atom stereocenters. The largest absolute Gasteiger partial charge is 0.457 e. The van der Waals surface area contributed by atoms with Gasteiger partial charge in [-0.1, -0.05) is 24.3 Å². The molecule has 0 aliphatic rings. The number of nitrogen functional groups attached to an aromatic ring is 1. The van der Waals surface area contributed by atoms with E-state index in [2.05, 4.69) is 0 Å². The Balaban J connectivity index is 2.06. The number of rotatable bonds is 4. The Hall–Kier alpha value is -1.93. The molecule has 0 unspecified atom stereocenters. The minimum Gasteiger partial charge on any atom is -0.457 e. The summed E-state index contributed by atoms with van der Waals surface area (Å²) in [4.78, 5) is 0. The smallest absolute Gasteiger partial charge is 0.127 e. The van der Waals surface area contributed by atoms with Crippen LogP contribution in [0.4, 0.5) is 5.69 Å². The molecular weight excluding hydrogens is 246 g/mol. The fourth-order valence-corrected chi connectivity index (χ4v) is 1.59. The van der Waals surface area contributed by atoms with E-state index in [9.17, 15) is 0 Å². The molecule has 0 aliphatic carbocycles. The molecule has 2 N–H and O–H groups in total. The van der Waals surface area contributed by atoms with Gasteiger partial charge in [-0.2, -0.15) is 0 Å². The predicted octanol–water partition coefficient (Wildman–Crippen LogP) is 4.31. The second-order valence-electron chi connectivity index (χ2n) is 3.80. The van der Waals surface area contributed by atoms with Crippen molar-refractivity contribution < 1.29 is 4.74 Å². The number of benzene rings is 2. The van der Waals surface area contributed by atoms with E-state index in [0.29, 0.717) is 5.88 Å². The van der Waals surface area contributed by atoms with Crippen molar-refractivity contribution in [2.24, 2.45) is 0 Å². The van der Waals surface area contributed by atoms with Gasteiger partial charge in [0.05, 0.1) is 0 Å². The molecule has 3 heteroatoms. The van der Waals surface area contributed by atoms with E-state index in [1.165, 1.54) is 0 Å². The summed E-state index contributed by atoms with van der Waals surface area (Å²) in [6.45, 7) is 0. The molecule has 2 nitrogen and oxygen atoms in total. The Morgan fingerprint density at radius 2 is 1.50 bits per heavy atom. The molecular formula is C15H14ClNO. The maximum atomic E-state index is 5.69. The molecule has 0 spiro atoms. The van der Waals surface area contributed by atoms with E-state index in [4.69, 9.17) is 22.1 Å². The van der Waals surface area contributed by atoms with Gasteiger partial charge in [0.2, 0.25) is 0 Å². The zero-order valence-electron chi connectivity index (χ0n) is 9.84. The van der Waals surface area contributed by atoms with Crippen molar-refractivity contribution in [1.82, 2.24) is 0 Å². The summed E-state index contributed by atoms with van der Waals surface area (Å²) in [7, 11) is 0. The first-order valence-corrected chi connectivity index (χ1v) is 6.17. The fourth-order valence-electron chi connectivity index (χ4n) is 1.50. The van der Waals surface area contributed by atoms with Crippen LogP contribution in [0.1, 0.15) is 5.56 Å². The van der Waals surface area contributed by atoms with Gasteiger partial charge in [0.1, 0.15) is 11.5 Å². The normalized spacial score (nSPS) is 10.7. The van der Waals surface area contributed by atoms with Gasteiger partial charge in [-0.05, 0) is 42.0 Å². The van der Waals surface area contributed by atoms with Crippen molar-refractivity contribution in [3.8, 4) is 11.5 Å². The van der Waals surface area contributed by atoms with E-state index < -0.39 is 0 Å². The summed E-state index contributed by atoms with van der Waals surface area (Å²) in [6.07, 6.45) is 3.87. The van der Waals surface area contributed by atoms with Crippen LogP contribution in [0.3, 0.4) is 0 Å². The molecule has 0 saturated heterocycles. The molecule has 0 heterocycles. The van der Waals surface area contributed by atoms with E-state index in [1.54, 1.807) is 0 Å². The topological polar surface area (TPSA) is 35.2 Å². The van der Waals surface area contributed by atoms with Gasteiger partial charge in [-0.15, -0.1) is 11.6 Å². The summed E-state index contributed by atoms with van der Waals surface area (Å²) >= 11 is 5.58. The van der Waals surface area contributed by atoms with Gasteiger partial charge in [-0.25, -0.2) is 0 Å². The number of ether oxygens (including phenoxy) is 1.